The Bertz CT molecular complexity index is 1190. The number of rotatable bonds is 6. The van der Waals surface area contributed by atoms with Crippen molar-refractivity contribution >= 4 is 16.7 Å². The third-order valence-corrected chi connectivity index (χ3v) is 6.09. The second-order valence-electron chi connectivity index (χ2n) is 7.06. The van der Waals surface area contributed by atoms with E-state index in [-0.39, 0.29) is 11.8 Å². The first-order valence-electron chi connectivity index (χ1n) is 9.54. The van der Waals surface area contributed by atoms with E-state index in [0.29, 0.717) is 45.3 Å². The van der Waals surface area contributed by atoms with Crippen molar-refractivity contribution in [3.8, 4) is 23.8 Å². The van der Waals surface area contributed by atoms with Gasteiger partial charge in [-0.15, -0.1) is 0 Å². The molecule has 3 rings (SSSR count). The number of allylic oxidation sites excluding steroid dienone is 3. The topological polar surface area (TPSA) is 112 Å². The van der Waals surface area contributed by atoms with Gasteiger partial charge in [-0.1, -0.05) is 13.2 Å². The number of nitriles is 2. The van der Waals surface area contributed by atoms with Gasteiger partial charge in [-0.3, -0.25) is 4.21 Å². The summed E-state index contributed by atoms with van der Waals surface area (Å²) in [5.74, 6) is 1.57. The van der Waals surface area contributed by atoms with E-state index in [4.69, 9.17) is 10.00 Å². The third kappa shape index (κ3) is 5.06. The first-order chi connectivity index (χ1) is 14.8. The molecule has 156 valence electrons. The van der Waals surface area contributed by atoms with E-state index in [9.17, 15) is 9.47 Å². The molecule has 7 nitrogen and oxygen atoms in total. The van der Waals surface area contributed by atoms with Gasteiger partial charge in [-0.2, -0.15) is 15.5 Å². The van der Waals surface area contributed by atoms with Gasteiger partial charge < -0.3 is 10.1 Å². The lowest BCUT2D eigenvalue weighted by Crippen LogP contribution is -2.16. The van der Waals surface area contributed by atoms with E-state index < -0.39 is 10.8 Å². The lowest BCUT2D eigenvalue weighted by molar-refractivity contribution is 0.438. The molecule has 2 heterocycles. The van der Waals surface area contributed by atoms with Crippen LogP contribution >= 0.6 is 0 Å². The highest BCUT2D eigenvalue weighted by Crippen LogP contribution is 2.36. The van der Waals surface area contributed by atoms with Crippen molar-refractivity contribution in [3.05, 3.63) is 71.1 Å². The Kier molecular flexibility index (Phi) is 6.64. The molecule has 1 aromatic heterocycles. The molecule has 1 unspecified atom stereocenters. The molecular weight excluding hydrogens is 410 g/mol. The van der Waals surface area contributed by atoms with Crippen LogP contribution in [0.25, 0.3) is 0 Å². The van der Waals surface area contributed by atoms with Gasteiger partial charge in [0.15, 0.2) is 0 Å². The smallest absolute Gasteiger partial charge is 0.240 e. The molecule has 31 heavy (non-hydrogen) atoms. The van der Waals surface area contributed by atoms with Crippen LogP contribution in [0.3, 0.4) is 0 Å². The lowest BCUT2D eigenvalue weighted by Gasteiger charge is -2.20. The summed E-state index contributed by atoms with van der Waals surface area (Å²) in [7, 11) is -1.27. The van der Waals surface area contributed by atoms with E-state index in [2.05, 4.69) is 34.5 Å². The molecule has 1 aliphatic heterocycles. The summed E-state index contributed by atoms with van der Waals surface area (Å²) in [5.41, 5.74) is 3.52. The maximum atomic E-state index is 12.7. The minimum absolute atomic E-state index is 0.222. The van der Waals surface area contributed by atoms with E-state index >= 15 is 0 Å². The Labute approximate surface area is 183 Å². The minimum atomic E-state index is -1.27. The van der Waals surface area contributed by atoms with Crippen LogP contribution in [0, 0.1) is 36.5 Å². The SMILES string of the molecule is C=C(C#N)/C=C\C(=C)Nc1nc2c(c(Oc3c(C)cc(C#N)cc3C)n1)S(=O)CCC2. The Morgan fingerprint density at radius 1 is 1.23 bits per heavy atom. The quantitative estimate of drug-likeness (QED) is 0.534. The molecule has 1 N–H and O–H groups in total. The molecule has 8 heteroatoms. The minimum Gasteiger partial charge on any atom is -0.437 e. The summed E-state index contributed by atoms with van der Waals surface area (Å²) in [5, 5.41) is 21.0. The number of benzene rings is 1. The molecule has 0 amide bonds. The van der Waals surface area contributed by atoms with Gasteiger partial charge in [0.1, 0.15) is 10.6 Å². The highest BCUT2D eigenvalue weighted by Gasteiger charge is 2.26. The number of hydrogen-bond acceptors (Lipinski definition) is 7. The molecule has 0 aliphatic carbocycles. The molecule has 0 bridgehead atoms. The van der Waals surface area contributed by atoms with E-state index in [0.717, 1.165) is 17.5 Å². The van der Waals surface area contributed by atoms with Gasteiger partial charge in [-0.05, 0) is 62.1 Å². The zero-order valence-electron chi connectivity index (χ0n) is 17.4. The highest BCUT2D eigenvalue weighted by molar-refractivity contribution is 7.85. The number of aromatic nitrogens is 2. The normalized spacial score (nSPS) is 14.9. The Morgan fingerprint density at radius 2 is 1.94 bits per heavy atom. The van der Waals surface area contributed by atoms with Crippen LogP contribution in [0.15, 0.2) is 53.6 Å². The van der Waals surface area contributed by atoms with E-state index in [1.165, 1.54) is 6.08 Å². The van der Waals surface area contributed by atoms with Crippen LogP contribution in [0.5, 0.6) is 11.6 Å². The monoisotopic (exact) mass is 431 g/mol. The van der Waals surface area contributed by atoms with E-state index in [1.807, 2.05) is 19.9 Å². The molecule has 1 aliphatic rings. The molecule has 1 atom stereocenters. The van der Waals surface area contributed by atoms with Crippen LogP contribution in [0.4, 0.5) is 5.95 Å². The fourth-order valence-corrected chi connectivity index (χ4v) is 4.47. The standard InChI is InChI=1S/C23H21N5O2S/c1-14(12-24)7-8-17(4)26-23-27-19-6-5-9-31(29)21(19)22(28-23)30-20-15(2)10-18(13-25)11-16(20)3/h7-8,10-11H,1,4-6,9H2,2-3H3,(H,26,27,28)/b8-7-. The van der Waals surface area contributed by atoms with Crippen molar-refractivity contribution in [2.75, 3.05) is 11.1 Å². The van der Waals surface area contributed by atoms with Crippen LogP contribution in [-0.2, 0) is 17.2 Å². The van der Waals surface area contributed by atoms with Gasteiger partial charge >= 0.3 is 0 Å². The Morgan fingerprint density at radius 3 is 2.58 bits per heavy atom. The largest absolute Gasteiger partial charge is 0.437 e. The van der Waals surface area contributed by atoms with Crippen molar-refractivity contribution < 1.29 is 8.95 Å². The number of hydrogen-bond donors (Lipinski definition) is 1. The van der Waals surface area contributed by atoms with Crippen molar-refractivity contribution in [1.29, 1.82) is 10.5 Å². The average molecular weight is 432 g/mol. The molecule has 0 saturated carbocycles. The maximum Gasteiger partial charge on any atom is 0.240 e. The number of ether oxygens (including phenoxy) is 1. The number of fused-ring (bicyclic) bond motifs is 1. The zero-order valence-corrected chi connectivity index (χ0v) is 18.2. The highest BCUT2D eigenvalue weighted by atomic mass is 32.2. The zero-order chi connectivity index (χ0) is 22.5. The Balaban J connectivity index is 2.01. The summed E-state index contributed by atoms with van der Waals surface area (Å²) < 4.78 is 18.9. The predicted octanol–water partition coefficient (Wildman–Crippen LogP) is 4.37. The molecule has 1 aromatic carbocycles. The fourth-order valence-electron chi connectivity index (χ4n) is 3.17. The van der Waals surface area contributed by atoms with Gasteiger partial charge in [0.25, 0.3) is 0 Å². The number of nitrogens with one attached hydrogen (secondary N) is 1. The molecule has 2 aromatic rings. The van der Waals surface area contributed by atoms with E-state index in [1.54, 1.807) is 18.2 Å². The summed E-state index contributed by atoms with van der Waals surface area (Å²) in [6.07, 6.45) is 4.55. The van der Waals surface area contributed by atoms with Gasteiger partial charge in [0, 0.05) is 17.0 Å². The van der Waals surface area contributed by atoms with Crippen molar-refractivity contribution in [1.82, 2.24) is 9.97 Å². The van der Waals surface area contributed by atoms with Crippen LogP contribution in [0.1, 0.15) is 28.8 Å². The number of anilines is 1. The maximum absolute atomic E-state index is 12.7. The van der Waals surface area contributed by atoms with Crippen molar-refractivity contribution in [2.45, 2.75) is 31.6 Å². The molecular formula is C23H21N5O2S. The first kappa shape index (κ1) is 21.9. The van der Waals surface area contributed by atoms with Crippen molar-refractivity contribution in [2.24, 2.45) is 0 Å². The second kappa shape index (κ2) is 9.38. The van der Waals surface area contributed by atoms with Gasteiger partial charge in [0.2, 0.25) is 11.8 Å². The lowest BCUT2D eigenvalue weighted by atomic mass is 10.1. The predicted molar refractivity (Wildman–Crippen MR) is 119 cm³/mol. The second-order valence-corrected chi connectivity index (χ2v) is 8.56. The summed E-state index contributed by atoms with van der Waals surface area (Å²) >= 11 is 0. The van der Waals surface area contributed by atoms with Crippen molar-refractivity contribution in [3.63, 3.8) is 0 Å². The Hall–Kier alpha value is -3.75. The van der Waals surface area contributed by atoms with Crippen LogP contribution in [0.2, 0.25) is 0 Å². The molecule has 0 spiro atoms. The van der Waals surface area contributed by atoms with Gasteiger partial charge in [-0.25, -0.2) is 4.98 Å². The number of aryl methyl sites for hydroxylation is 3. The van der Waals surface area contributed by atoms with Crippen LogP contribution in [-0.4, -0.2) is 19.9 Å². The molecule has 0 radical (unpaired) electrons. The summed E-state index contributed by atoms with van der Waals surface area (Å²) in [6, 6.07) is 7.53. The molecule has 0 fully saturated rings. The summed E-state index contributed by atoms with van der Waals surface area (Å²) in [4.78, 5) is 9.46. The fraction of sp³-hybridized carbons (Fsp3) is 0.217. The third-order valence-electron chi connectivity index (χ3n) is 4.57. The number of nitrogens with zero attached hydrogens (tertiary/aromatic N) is 4. The summed E-state index contributed by atoms with van der Waals surface area (Å²) in [6.45, 7) is 11.2. The average Bonchev–Trinajstić information content (AvgIpc) is 2.74. The van der Waals surface area contributed by atoms with Crippen LogP contribution < -0.4 is 10.1 Å². The first-order valence-corrected chi connectivity index (χ1v) is 10.9. The van der Waals surface area contributed by atoms with Gasteiger partial charge in [0.05, 0.1) is 34.2 Å². The molecule has 0 saturated heterocycles.